The van der Waals surface area contributed by atoms with Gasteiger partial charge in [-0.2, -0.15) is 0 Å². The van der Waals surface area contributed by atoms with E-state index in [1.54, 1.807) is 12.1 Å². The zero-order valence-electron chi connectivity index (χ0n) is 12.5. The molecule has 2 bridgehead atoms. The summed E-state index contributed by atoms with van der Waals surface area (Å²) in [5.74, 6) is 0.112. The predicted octanol–water partition coefficient (Wildman–Crippen LogP) is 2.97. The molecule has 1 N–H and O–H groups in total. The number of halogens is 2. The lowest BCUT2D eigenvalue weighted by Crippen LogP contribution is -2.37. The van der Waals surface area contributed by atoms with Crippen LogP contribution in [0.1, 0.15) is 31.7 Å². The Morgan fingerprint density at radius 2 is 2.10 bits per heavy atom. The minimum absolute atomic E-state index is 0. The van der Waals surface area contributed by atoms with Gasteiger partial charge >= 0.3 is 0 Å². The molecule has 118 valence electrons. The van der Waals surface area contributed by atoms with Crippen molar-refractivity contribution in [2.24, 2.45) is 0 Å². The second-order valence-corrected chi connectivity index (χ2v) is 5.75. The summed E-state index contributed by atoms with van der Waals surface area (Å²) in [5.41, 5.74) is 1.05. The Labute approximate surface area is 132 Å². The average molecular weight is 315 g/mol. The van der Waals surface area contributed by atoms with Crippen molar-refractivity contribution in [2.75, 3.05) is 19.7 Å². The molecule has 0 spiro atoms. The van der Waals surface area contributed by atoms with Crippen LogP contribution in [0.3, 0.4) is 0 Å². The van der Waals surface area contributed by atoms with Crippen LogP contribution in [-0.2, 0) is 6.54 Å². The second-order valence-electron chi connectivity index (χ2n) is 5.75. The Kier molecular flexibility index (Phi) is 5.85. The van der Waals surface area contributed by atoms with Gasteiger partial charge in [0.15, 0.2) is 11.6 Å². The van der Waals surface area contributed by atoms with Crippen molar-refractivity contribution >= 4 is 12.4 Å². The van der Waals surface area contributed by atoms with Crippen molar-refractivity contribution in [3.8, 4) is 5.75 Å². The van der Waals surface area contributed by atoms with Crippen molar-refractivity contribution < 1.29 is 9.13 Å². The lowest BCUT2D eigenvalue weighted by molar-refractivity contribution is 0.193. The van der Waals surface area contributed by atoms with E-state index in [4.69, 9.17) is 4.74 Å². The third-order valence-electron chi connectivity index (χ3n) is 4.47. The first kappa shape index (κ1) is 16.5. The third kappa shape index (κ3) is 3.68. The molecule has 1 aromatic carbocycles. The number of hydrogen-bond donors (Lipinski definition) is 1. The molecule has 2 unspecified atom stereocenters. The molecule has 2 aliphatic heterocycles. The van der Waals surface area contributed by atoms with Crippen LogP contribution in [0.25, 0.3) is 0 Å². The number of nitrogens with zero attached hydrogens (tertiary/aromatic N) is 1. The molecule has 3 rings (SSSR count). The zero-order valence-corrected chi connectivity index (χ0v) is 13.3. The van der Waals surface area contributed by atoms with Crippen molar-refractivity contribution in [1.29, 1.82) is 0 Å². The van der Waals surface area contributed by atoms with Crippen LogP contribution in [-0.4, -0.2) is 36.7 Å². The molecule has 2 atom stereocenters. The molecule has 3 nitrogen and oxygen atoms in total. The number of ether oxygens (including phenoxy) is 1. The molecule has 0 amide bonds. The van der Waals surface area contributed by atoms with Gasteiger partial charge in [0.25, 0.3) is 0 Å². The highest BCUT2D eigenvalue weighted by atomic mass is 35.5. The van der Waals surface area contributed by atoms with Gasteiger partial charge in [-0.1, -0.05) is 6.07 Å². The molecular weight excluding hydrogens is 291 g/mol. The van der Waals surface area contributed by atoms with E-state index in [1.807, 2.05) is 13.0 Å². The smallest absolute Gasteiger partial charge is 0.165 e. The quantitative estimate of drug-likeness (QED) is 0.924. The molecule has 0 saturated carbocycles. The summed E-state index contributed by atoms with van der Waals surface area (Å²) in [6.45, 7) is 5.39. The molecule has 2 saturated heterocycles. The van der Waals surface area contributed by atoms with Gasteiger partial charge in [0.1, 0.15) is 0 Å². The first-order valence-corrected chi connectivity index (χ1v) is 7.65. The molecule has 1 aromatic rings. The lowest BCUT2D eigenvalue weighted by Gasteiger charge is -2.27. The molecule has 2 heterocycles. The highest BCUT2D eigenvalue weighted by Gasteiger charge is 2.34. The predicted molar refractivity (Wildman–Crippen MR) is 84.7 cm³/mol. The van der Waals surface area contributed by atoms with Crippen LogP contribution in [0.4, 0.5) is 4.39 Å². The second kappa shape index (κ2) is 7.43. The molecule has 2 fully saturated rings. The highest BCUT2D eigenvalue weighted by Crippen LogP contribution is 2.30. The maximum Gasteiger partial charge on any atom is 0.165 e. The van der Waals surface area contributed by atoms with Gasteiger partial charge in [-0.15, -0.1) is 12.4 Å². The molecule has 0 aromatic heterocycles. The summed E-state index contributed by atoms with van der Waals surface area (Å²) in [6.07, 6.45) is 3.75. The molecular formula is C16H24ClFN2O. The fourth-order valence-corrected chi connectivity index (χ4v) is 3.47. The van der Waals surface area contributed by atoms with Crippen molar-refractivity contribution in [3.05, 3.63) is 29.6 Å². The number of nitrogens with one attached hydrogen (secondary N) is 1. The van der Waals surface area contributed by atoms with E-state index in [0.29, 0.717) is 24.4 Å². The largest absolute Gasteiger partial charge is 0.491 e. The minimum atomic E-state index is -0.246. The summed E-state index contributed by atoms with van der Waals surface area (Å²) < 4.78 is 19.2. The fourth-order valence-electron chi connectivity index (χ4n) is 3.47. The van der Waals surface area contributed by atoms with Gasteiger partial charge in [-0.3, -0.25) is 4.90 Å². The Bertz CT molecular complexity index is 458. The van der Waals surface area contributed by atoms with E-state index >= 15 is 0 Å². The molecule has 21 heavy (non-hydrogen) atoms. The monoisotopic (exact) mass is 314 g/mol. The number of hydrogen-bond acceptors (Lipinski definition) is 3. The van der Waals surface area contributed by atoms with Crippen molar-refractivity contribution in [2.45, 2.75) is 44.8 Å². The Morgan fingerprint density at radius 3 is 2.86 bits per heavy atom. The molecule has 0 radical (unpaired) electrons. The maximum absolute atomic E-state index is 13.9. The molecule has 5 heteroatoms. The Morgan fingerprint density at radius 1 is 1.29 bits per heavy atom. The average Bonchev–Trinajstić information content (AvgIpc) is 2.66. The van der Waals surface area contributed by atoms with Gasteiger partial charge in [0, 0.05) is 25.2 Å². The Balaban J connectivity index is 0.00000161. The lowest BCUT2D eigenvalue weighted by atomic mass is 10.1. The van der Waals surface area contributed by atoms with E-state index in [1.165, 1.54) is 19.3 Å². The minimum Gasteiger partial charge on any atom is -0.491 e. The van der Waals surface area contributed by atoms with Crippen LogP contribution in [0.5, 0.6) is 5.75 Å². The van der Waals surface area contributed by atoms with E-state index in [9.17, 15) is 4.39 Å². The summed E-state index contributed by atoms with van der Waals surface area (Å²) in [6, 6.07) is 6.64. The van der Waals surface area contributed by atoms with Crippen molar-refractivity contribution in [1.82, 2.24) is 10.2 Å². The fraction of sp³-hybridized carbons (Fsp3) is 0.625. The summed E-state index contributed by atoms with van der Waals surface area (Å²) in [5, 5.41) is 3.50. The SMILES string of the molecule is CCOc1ccc(CN2C3CCNCC2CC3)cc1F.Cl. The van der Waals surface area contributed by atoms with Gasteiger partial charge in [-0.05, 0) is 50.4 Å². The van der Waals surface area contributed by atoms with Crippen LogP contribution < -0.4 is 10.1 Å². The van der Waals surface area contributed by atoms with Crippen LogP contribution in [0, 0.1) is 5.82 Å². The Hall–Kier alpha value is -0.840. The number of rotatable bonds is 4. The number of fused-ring (bicyclic) bond motifs is 2. The highest BCUT2D eigenvalue weighted by molar-refractivity contribution is 5.85. The van der Waals surface area contributed by atoms with Crippen LogP contribution in [0.15, 0.2) is 18.2 Å². The standard InChI is InChI=1S/C16H23FN2O.ClH/c1-2-20-16-6-3-12(9-15(16)17)11-19-13-4-5-14(19)10-18-8-7-13;/h3,6,9,13-14,18H,2,4-5,7-8,10-11H2,1H3;1H. The third-order valence-corrected chi connectivity index (χ3v) is 4.47. The van der Waals surface area contributed by atoms with E-state index < -0.39 is 0 Å². The molecule has 2 aliphatic rings. The van der Waals surface area contributed by atoms with Gasteiger partial charge in [-0.25, -0.2) is 4.39 Å². The number of benzene rings is 1. The zero-order chi connectivity index (χ0) is 13.9. The summed E-state index contributed by atoms with van der Waals surface area (Å²) in [4.78, 5) is 2.55. The van der Waals surface area contributed by atoms with E-state index in [-0.39, 0.29) is 18.2 Å². The van der Waals surface area contributed by atoms with Crippen LogP contribution >= 0.6 is 12.4 Å². The van der Waals surface area contributed by atoms with E-state index in [2.05, 4.69) is 10.2 Å². The summed E-state index contributed by atoms with van der Waals surface area (Å²) >= 11 is 0. The van der Waals surface area contributed by atoms with Gasteiger partial charge in [0.2, 0.25) is 0 Å². The maximum atomic E-state index is 13.9. The van der Waals surface area contributed by atoms with Crippen LogP contribution in [0.2, 0.25) is 0 Å². The molecule has 0 aliphatic carbocycles. The van der Waals surface area contributed by atoms with Crippen molar-refractivity contribution in [3.63, 3.8) is 0 Å². The topological polar surface area (TPSA) is 24.5 Å². The van der Waals surface area contributed by atoms with Gasteiger partial charge < -0.3 is 10.1 Å². The van der Waals surface area contributed by atoms with Gasteiger partial charge in [0.05, 0.1) is 6.61 Å². The summed E-state index contributed by atoms with van der Waals surface area (Å²) in [7, 11) is 0. The first-order chi connectivity index (χ1) is 9.78. The van der Waals surface area contributed by atoms with E-state index in [0.717, 1.165) is 25.2 Å². The first-order valence-electron chi connectivity index (χ1n) is 7.65. The normalized spacial score (nSPS) is 25.2.